The standard InChI is InChI=1S/C19H23N3O3/c1-13-2-4-15(5-3-13)19(23)22-9-6-14(7-10-22)18-20-17(21-25-18)16-8-11-24-12-16/h2-5,14,16H,6-12H2,1H3/t16-/m0/s1. The smallest absolute Gasteiger partial charge is 0.253 e. The largest absolute Gasteiger partial charge is 0.381 e. The van der Waals surface area contributed by atoms with E-state index in [4.69, 9.17) is 9.26 Å². The zero-order valence-corrected chi connectivity index (χ0v) is 14.5. The summed E-state index contributed by atoms with van der Waals surface area (Å²) >= 11 is 0. The van der Waals surface area contributed by atoms with Crippen LogP contribution in [0, 0.1) is 6.92 Å². The van der Waals surface area contributed by atoms with E-state index in [0.29, 0.717) is 12.5 Å². The van der Waals surface area contributed by atoms with Crippen LogP contribution in [0.25, 0.3) is 0 Å². The van der Waals surface area contributed by atoms with E-state index in [1.807, 2.05) is 36.1 Å². The van der Waals surface area contributed by atoms with Gasteiger partial charge >= 0.3 is 0 Å². The van der Waals surface area contributed by atoms with Crippen LogP contribution in [0.4, 0.5) is 0 Å². The molecule has 3 heterocycles. The van der Waals surface area contributed by atoms with Crippen LogP contribution in [-0.2, 0) is 4.74 Å². The normalized spacial score (nSPS) is 21.6. The van der Waals surface area contributed by atoms with Crippen LogP contribution in [0.3, 0.4) is 0 Å². The lowest BCUT2D eigenvalue weighted by atomic mass is 9.96. The van der Waals surface area contributed by atoms with E-state index in [9.17, 15) is 4.79 Å². The van der Waals surface area contributed by atoms with Crippen LogP contribution in [0.5, 0.6) is 0 Å². The molecule has 2 aliphatic heterocycles. The molecule has 2 aliphatic rings. The van der Waals surface area contributed by atoms with Gasteiger partial charge in [0.15, 0.2) is 5.82 Å². The maximum Gasteiger partial charge on any atom is 0.253 e. The van der Waals surface area contributed by atoms with Gasteiger partial charge in [-0.2, -0.15) is 4.98 Å². The van der Waals surface area contributed by atoms with E-state index in [1.54, 1.807) is 0 Å². The van der Waals surface area contributed by atoms with E-state index in [1.165, 1.54) is 0 Å². The molecule has 1 aromatic heterocycles. The number of carbonyl (C=O) groups excluding carboxylic acids is 1. The number of likely N-dealkylation sites (tertiary alicyclic amines) is 1. The van der Waals surface area contributed by atoms with Crippen molar-refractivity contribution in [3.05, 3.63) is 47.1 Å². The van der Waals surface area contributed by atoms with Crippen LogP contribution >= 0.6 is 0 Å². The average molecular weight is 341 g/mol. The predicted octanol–water partition coefficient (Wildman–Crippen LogP) is 2.90. The minimum atomic E-state index is 0.104. The number of rotatable bonds is 3. The molecule has 1 atom stereocenters. The third kappa shape index (κ3) is 3.44. The lowest BCUT2D eigenvalue weighted by Crippen LogP contribution is -2.38. The van der Waals surface area contributed by atoms with Gasteiger partial charge < -0.3 is 14.2 Å². The second kappa shape index (κ2) is 6.96. The molecule has 2 fully saturated rings. The average Bonchev–Trinajstić information content (AvgIpc) is 3.33. The van der Waals surface area contributed by atoms with Crippen molar-refractivity contribution in [2.75, 3.05) is 26.3 Å². The maximum atomic E-state index is 12.6. The Morgan fingerprint density at radius 1 is 1.12 bits per heavy atom. The SMILES string of the molecule is Cc1ccc(C(=O)N2CCC(c3nc([C@H]4CCOC4)no3)CC2)cc1. The second-order valence-electron chi connectivity index (χ2n) is 6.98. The number of aromatic nitrogens is 2. The molecule has 4 rings (SSSR count). The van der Waals surface area contributed by atoms with Crippen molar-refractivity contribution in [3.8, 4) is 0 Å². The molecule has 0 N–H and O–H groups in total. The van der Waals surface area contributed by atoms with Gasteiger partial charge in [-0.25, -0.2) is 0 Å². The molecule has 2 aromatic rings. The Labute approximate surface area is 147 Å². The molecule has 0 spiro atoms. The Hall–Kier alpha value is -2.21. The summed E-state index contributed by atoms with van der Waals surface area (Å²) in [6.45, 7) is 4.93. The topological polar surface area (TPSA) is 68.5 Å². The van der Waals surface area contributed by atoms with Crippen molar-refractivity contribution in [1.29, 1.82) is 0 Å². The van der Waals surface area contributed by atoms with Gasteiger partial charge in [0.25, 0.3) is 5.91 Å². The zero-order chi connectivity index (χ0) is 17.2. The molecule has 132 valence electrons. The highest BCUT2D eigenvalue weighted by Gasteiger charge is 2.30. The van der Waals surface area contributed by atoms with Gasteiger partial charge in [-0.15, -0.1) is 0 Å². The highest BCUT2D eigenvalue weighted by molar-refractivity contribution is 5.94. The van der Waals surface area contributed by atoms with Gasteiger partial charge in [0.1, 0.15) is 0 Å². The number of nitrogens with zero attached hydrogens (tertiary/aromatic N) is 3. The van der Waals surface area contributed by atoms with Gasteiger partial charge in [0.05, 0.1) is 6.61 Å². The molecular formula is C19H23N3O3. The van der Waals surface area contributed by atoms with Crippen molar-refractivity contribution < 1.29 is 14.1 Å². The molecule has 0 radical (unpaired) electrons. The van der Waals surface area contributed by atoms with Crippen molar-refractivity contribution in [2.45, 2.75) is 38.0 Å². The number of benzene rings is 1. The number of carbonyl (C=O) groups is 1. The zero-order valence-electron chi connectivity index (χ0n) is 14.5. The molecule has 6 nitrogen and oxygen atoms in total. The summed E-state index contributed by atoms with van der Waals surface area (Å²) in [6, 6.07) is 7.76. The van der Waals surface area contributed by atoms with Crippen molar-refractivity contribution in [1.82, 2.24) is 15.0 Å². The summed E-state index contributed by atoms with van der Waals surface area (Å²) < 4.78 is 10.9. The molecule has 0 saturated carbocycles. The van der Waals surface area contributed by atoms with Crippen molar-refractivity contribution >= 4 is 5.91 Å². The molecule has 1 amide bonds. The van der Waals surface area contributed by atoms with Gasteiger partial charge in [-0.05, 0) is 38.3 Å². The Kier molecular flexibility index (Phi) is 4.53. The first-order valence-corrected chi connectivity index (χ1v) is 8.98. The molecule has 25 heavy (non-hydrogen) atoms. The summed E-state index contributed by atoms with van der Waals surface area (Å²) in [7, 11) is 0. The van der Waals surface area contributed by atoms with E-state index in [-0.39, 0.29) is 17.7 Å². The molecular weight excluding hydrogens is 318 g/mol. The first-order chi connectivity index (χ1) is 12.2. The second-order valence-corrected chi connectivity index (χ2v) is 6.98. The molecule has 2 saturated heterocycles. The number of amides is 1. The first kappa shape index (κ1) is 16.3. The van der Waals surface area contributed by atoms with Crippen LogP contribution in [0.1, 0.15) is 58.7 Å². The van der Waals surface area contributed by atoms with Gasteiger partial charge in [-0.1, -0.05) is 22.9 Å². The van der Waals surface area contributed by atoms with E-state index in [0.717, 1.165) is 55.9 Å². The summed E-state index contributed by atoms with van der Waals surface area (Å²) in [5, 5.41) is 4.14. The third-order valence-electron chi connectivity index (χ3n) is 5.18. The fourth-order valence-electron chi connectivity index (χ4n) is 3.53. The summed E-state index contributed by atoms with van der Waals surface area (Å²) in [6.07, 6.45) is 2.68. The minimum absolute atomic E-state index is 0.104. The minimum Gasteiger partial charge on any atom is -0.381 e. The number of ether oxygens (including phenoxy) is 1. The molecule has 6 heteroatoms. The molecule has 0 bridgehead atoms. The van der Waals surface area contributed by atoms with Crippen LogP contribution < -0.4 is 0 Å². The van der Waals surface area contributed by atoms with Gasteiger partial charge in [0.2, 0.25) is 5.89 Å². The van der Waals surface area contributed by atoms with Crippen LogP contribution in [-0.4, -0.2) is 47.3 Å². The van der Waals surface area contributed by atoms with Crippen LogP contribution in [0.2, 0.25) is 0 Å². The van der Waals surface area contributed by atoms with Gasteiger partial charge in [0, 0.05) is 37.1 Å². The predicted molar refractivity (Wildman–Crippen MR) is 91.5 cm³/mol. The monoisotopic (exact) mass is 341 g/mol. The highest BCUT2D eigenvalue weighted by atomic mass is 16.5. The number of hydrogen-bond acceptors (Lipinski definition) is 5. The number of aryl methyl sites for hydroxylation is 1. The molecule has 1 aromatic carbocycles. The molecule has 0 unspecified atom stereocenters. The number of hydrogen-bond donors (Lipinski definition) is 0. The lowest BCUT2D eigenvalue weighted by molar-refractivity contribution is 0.0704. The van der Waals surface area contributed by atoms with Crippen molar-refractivity contribution in [3.63, 3.8) is 0 Å². The summed E-state index contributed by atoms with van der Waals surface area (Å²) in [4.78, 5) is 19.1. The Bertz CT molecular complexity index is 727. The van der Waals surface area contributed by atoms with Gasteiger partial charge in [-0.3, -0.25) is 4.79 Å². The van der Waals surface area contributed by atoms with E-state index >= 15 is 0 Å². The molecule has 0 aliphatic carbocycles. The Balaban J connectivity index is 1.36. The summed E-state index contributed by atoms with van der Waals surface area (Å²) in [5.41, 5.74) is 1.92. The first-order valence-electron chi connectivity index (χ1n) is 8.98. The highest BCUT2D eigenvalue weighted by Crippen LogP contribution is 2.30. The Morgan fingerprint density at radius 3 is 2.56 bits per heavy atom. The lowest BCUT2D eigenvalue weighted by Gasteiger charge is -2.30. The Morgan fingerprint density at radius 2 is 1.88 bits per heavy atom. The third-order valence-corrected chi connectivity index (χ3v) is 5.18. The summed E-state index contributed by atoms with van der Waals surface area (Å²) in [5.74, 6) is 2.09. The fourth-order valence-corrected chi connectivity index (χ4v) is 3.53. The van der Waals surface area contributed by atoms with E-state index < -0.39 is 0 Å². The maximum absolute atomic E-state index is 12.6. The fraction of sp³-hybridized carbons (Fsp3) is 0.526. The van der Waals surface area contributed by atoms with Crippen LogP contribution in [0.15, 0.2) is 28.8 Å². The quantitative estimate of drug-likeness (QED) is 0.858. The van der Waals surface area contributed by atoms with E-state index in [2.05, 4.69) is 10.1 Å². The number of piperidine rings is 1. The van der Waals surface area contributed by atoms with Crippen molar-refractivity contribution in [2.24, 2.45) is 0 Å².